The smallest absolute Gasteiger partial charge is 0.419 e. The van der Waals surface area contributed by atoms with Crippen LogP contribution in [0.15, 0.2) is 49.1 Å². The molecule has 2 heterocycles. The Morgan fingerprint density at radius 1 is 0.963 bits per heavy atom. The van der Waals surface area contributed by atoms with Crippen LogP contribution >= 0.6 is 0 Å². The molecule has 2 aromatic heterocycles. The molecular weight excluding hydrogens is 361 g/mol. The Kier molecular flexibility index (Phi) is 5.11. The lowest BCUT2D eigenvalue weighted by Crippen LogP contribution is -2.09. The molecule has 0 saturated heterocycles. The van der Waals surface area contributed by atoms with Gasteiger partial charge in [0.05, 0.1) is 31.2 Å². The van der Waals surface area contributed by atoms with E-state index in [2.05, 4.69) is 20.3 Å². The summed E-state index contributed by atoms with van der Waals surface area (Å²) in [6.45, 7) is 0. The highest BCUT2D eigenvalue weighted by Gasteiger charge is 2.33. The van der Waals surface area contributed by atoms with Crippen LogP contribution in [0.25, 0.3) is 11.3 Å². The highest BCUT2D eigenvalue weighted by atomic mass is 19.4. The normalized spacial score (nSPS) is 11.1. The number of aromatic nitrogens is 3. The molecule has 3 aromatic rings. The topological polar surface area (TPSA) is 69.2 Å². The van der Waals surface area contributed by atoms with E-state index in [1.54, 1.807) is 24.3 Å². The zero-order valence-corrected chi connectivity index (χ0v) is 14.4. The Morgan fingerprint density at radius 2 is 1.74 bits per heavy atom. The molecule has 27 heavy (non-hydrogen) atoms. The third-order valence-corrected chi connectivity index (χ3v) is 3.74. The summed E-state index contributed by atoms with van der Waals surface area (Å²) in [5.41, 5.74) is 0.186. The summed E-state index contributed by atoms with van der Waals surface area (Å²) in [7, 11) is 3.04. The van der Waals surface area contributed by atoms with E-state index in [9.17, 15) is 13.2 Å². The van der Waals surface area contributed by atoms with Crippen molar-refractivity contribution in [3.8, 4) is 22.8 Å². The van der Waals surface area contributed by atoms with Gasteiger partial charge in [0.1, 0.15) is 12.1 Å². The van der Waals surface area contributed by atoms with E-state index in [0.717, 1.165) is 6.20 Å². The fraction of sp³-hybridized carbons (Fsp3) is 0.167. The van der Waals surface area contributed by atoms with Gasteiger partial charge in [0.15, 0.2) is 11.5 Å². The van der Waals surface area contributed by atoms with E-state index in [4.69, 9.17) is 9.47 Å². The minimum atomic E-state index is -4.53. The summed E-state index contributed by atoms with van der Waals surface area (Å²) in [6.07, 6.45) is -1.23. The van der Waals surface area contributed by atoms with Gasteiger partial charge in [-0.2, -0.15) is 13.2 Å². The minimum absolute atomic E-state index is 0.144. The van der Waals surface area contributed by atoms with Gasteiger partial charge < -0.3 is 14.8 Å². The van der Waals surface area contributed by atoms with Gasteiger partial charge >= 0.3 is 6.18 Å². The van der Waals surface area contributed by atoms with Crippen molar-refractivity contribution >= 4 is 11.5 Å². The van der Waals surface area contributed by atoms with Crippen LogP contribution in [0, 0.1) is 0 Å². The molecule has 0 aliphatic carbocycles. The highest BCUT2D eigenvalue weighted by Crippen LogP contribution is 2.36. The zero-order chi connectivity index (χ0) is 19.4. The molecule has 0 aliphatic heterocycles. The maximum absolute atomic E-state index is 13.1. The Hall–Kier alpha value is -3.36. The second-order valence-electron chi connectivity index (χ2n) is 5.40. The summed E-state index contributed by atoms with van der Waals surface area (Å²) in [6, 6.07) is 7.98. The number of pyridine rings is 1. The third-order valence-electron chi connectivity index (χ3n) is 3.74. The molecule has 0 atom stereocenters. The SMILES string of the molecule is COc1ccc(-c2cc(Nc3ccncc3C(F)(F)F)ncn2)cc1OC. The van der Waals surface area contributed by atoms with Gasteiger partial charge in [0.25, 0.3) is 0 Å². The monoisotopic (exact) mass is 376 g/mol. The number of rotatable bonds is 5. The van der Waals surface area contributed by atoms with Crippen LogP contribution in [0.3, 0.4) is 0 Å². The predicted octanol–water partition coefficient (Wildman–Crippen LogP) is 4.32. The molecule has 0 spiro atoms. The van der Waals surface area contributed by atoms with E-state index in [0.29, 0.717) is 22.8 Å². The fourth-order valence-electron chi connectivity index (χ4n) is 2.45. The van der Waals surface area contributed by atoms with E-state index < -0.39 is 11.7 Å². The van der Waals surface area contributed by atoms with E-state index in [-0.39, 0.29) is 11.5 Å². The van der Waals surface area contributed by atoms with Crippen LogP contribution in [0.5, 0.6) is 11.5 Å². The first-order valence-electron chi connectivity index (χ1n) is 7.75. The summed E-state index contributed by atoms with van der Waals surface area (Å²) < 4.78 is 49.8. The second kappa shape index (κ2) is 7.48. The first-order valence-corrected chi connectivity index (χ1v) is 7.75. The average molecular weight is 376 g/mol. The molecule has 1 aromatic carbocycles. The molecular formula is C18H15F3N4O2. The molecule has 0 amide bonds. The Balaban J connectivity index is 1.94. The third kappa shape index (κ3) is 4.08. The van der Waals surface area contributed by atoms with Gasteiger partial charge in [0.2, 0.25) is 0 Å². The van der Waals surface area contributed by atoms with Gasteiger partial charge in [-0.1, -0.05) is 0 Å². The molecule has 1 N–H and O–H groups in total. The van der Waals surface area contributed by atoms with Crippen LogP contribution in [-0.4, -0.2) is 29.2 Å². The fourth-order valence-corrected chi connectivity index (χ4v) is 2.45. The van der Waals surface area contributed by atoms with Crippen molar-refractivity contribution in [1.82, 2.24) is 15.0 Å². The van der Waals surface area contributed by atoms with Gasteiger partial charge in [-0.3, -0.25) is 4.98 Å². The molecule has 0 aliphatic rings. The van der Waals surface area contributed by atoms with Crippen molar-refractivity contribution < 1.29 is 22.6 Å². The molecule has 0 radical (unpaired) electrons. The van der Waals surface area contributed by atoms with Crippen LogP contribution in [0.4, 0.5) is 24.7 Å². The Labute approximate surface area is 153 Å². The Morgan fingerprint density at radius 3 is 2.44 bits per heavy atom. The second-order valence-corrected chi connectivity index (χ2v) is 5.40. The number of anilines is 2. The summed E-state index contributed by atoms with van der Waals surface area (Å²) in [5.74, 6) is 1.28. The van der Waals surface area contributed by atoms with E-state index in [1.807, 2.05) is 0 Å². The molecule has 0 bridgehead atoms. The molecule has 140 valence electrons. The van der Waals surface area contributed by atoms with Gasteiger partial charge in [0, 0.05) is 24.0 Å². The van der Waals surface area contributed by atoms with Crippen molar-refractivity contribution in [2.45, 2.75) is 6.18 Å². The lowest BCUT2D eigenvalue weighted by Gasteiger charge is -2.14. The van der Waals surface area contributed by atoms with Crippen molar-refractivity contribution in [3.63, 3.8) is 0 Å². The number of hydrogen-bond acceptors (Lipinski definition) is 6. The number of methoxy groups -OCH3 is 2. The number of nitrogens with one attached hydrogen (secondary N) is 1. The predicted molar refractivity (Wildman–Crippen MR) is 93.1 cm³/mol. The highest BCUT2D eigenvalue weighted by molar-refractivity contribution is 5.68. The molecule has 9 heteroatoms. The van der Waals surface area contributed by atoms with Crippen LogP contribution in [-0.2, 0) is 6.18 Å². The lowest BCUT2D eigenvalue weighted by molar-refractivity contribution is -0.137. The van der Waals surface area contributed by atoms with Crippen LogP contribution < -0.4 is 14.8 Å². The van der Waals surface area contributed by atoms with Gasteiger partial charge in [-0.25, -0.2) is 9.97 Å². The largest absolute Gasteiger partial charge is 0.493 e. The maximum atomic E-state index is 13.1. The van der Waals surface area contributed by atoms with Crippen molar-refractivity contribution in [1.29, 1.82) is 0 Å². The number of nitrogens with zero attached hydrogens (tertiary/aromatic N) is 3. The quantitative estimate of drug-likeness (QED) is 0.715. The molecule has 6 nitrogen and oxygen atoms in total. The van der Waals surface area contributed by atoms with E-state index in [1.165, 1.54) is 32.8 Å². The molecule has 0 saturated carbocycles. The summed E-state index contributed by atoms with van der Waals surface area (Å²) in [4.78, 5) is 11.7. The summed E-state index contributed by atoms with van der Waals surface area (Å²) >= 11 is 0. The minimum Gasteiger partial charge on any atom is -0.493 e. The molecule has 0 unspecified atom stereocenters. The van der Waals surface area contributed by atoms with E-state index >= 15 is 0 Å². The molecule has 3 rings (SSSR count). The van der Waals surface area contributed by atoms with Gasteiger partial charge in [-0.05, 0) is 24.3 Å². The molecule has 0 fully saturated rings. The Bertz CT molecular complexity index is 948. The van der Waals surface area contributed by atoms with Crippen molar-refractivity contribution in [2.75, 3.05) is 19.5 Å². The van der Waals surface area contributed by atoms with Crippen molar-refractivity contribution in [3.05, 3.63) is 54.6 Å². The zero-order valence-electron chi connectivity index (χ0n) is 14.4. The number of alkyl halides is 3. The summed E-state index contributed by atoms with van der Waals surface area (Å²) in [5, 5.41) is 2.67. The number of hydrogen-bond donors (Lipinski definition) is 1. The average Bonchev–Trinajstić information content (AvgIpc) is 2.67. The van der Waals surface area contributed by atoms with Crippen molar-refractivity contribution in [2.24, 2.45) is 0 Å². The maximum Gasteiger partial charge on any atom is 0.419 e. The standard InChI is InChI=1S/C18H15F3N4O2/c1-26-15-4-3-11(7-16(15)27-2)14-8-17(24-10-23-14)25-13-5-6-22-9-12(13)18(19,20)21/h3-10H,1-2H3,(H,22,23,24,25). The first-order chi connectivity index (χ1) is 12.9. The van der Waals surface area contributed by atoms with Crippen LogP contribution in [0.2, 0.25) is 0 Å². The number of benzene rings is 1. The number of ether oxygens (including phenoxy) is 2. The lowest BCUT2D eigenvalue weighted by atomic mass is 10.1. The first kappa shape index (κ1) is 18.4. The van der Waals surface area contributed by atoms with Gasteiger partial charge in [-0.15, -0.1) is 0 Å². The number of halogens is 3. The van der Waals surface area contributed by atoms with Crippen LogP contribution in [0.1, 0.15) is 5.56 Å².